The lowest BCUT2D eigenvalue weighted by Gasteiger charge is -2.08. The summed E-state index contributed by atoms with van der Waals surface area (Å²) in [6, 6.07) is 13.0. The maximum absolute atomic E-state index is 12.1. The summed E-state index contributed by atoms with van der Waals surface area (Å²) in [5, 5.41) is 2.87. The van der Waals surface area contributed by atoms with Gasteiger partial charge in [-0.15, -0.1) is 0 Å². The van der Waals surface area contributed by atoms with Gasteiger partial charge in [-0.25, -0.2) is 4.98 Å². The predicted molar refractivity (Wildman–Crippen MR) is 85.2 cm³/mol. The number of carbonyl (C=O) groups excluding carboxylic acids is 1. The number of benzene rings is 1. The van der Waals surface area contributed by atoms with E-state index < -0.39 is 0 Å². The highest BCUT2D eigenvalue weighted by molar-refractivity contribution is 5.95. The van der Waals surface area contributed by atoms with Crippen molar-refractivity contribution >= 4 is 5.91 Å². The SMILES string of the molecule is COCc1ccccc1C(=O)NCCC#Cc1ccccn1. The van der Waals surface area contributed by atoms with Crippen LogP contribution >= 0.6 is 0 Å². The van der Waals surface area contributed by atoms with Crippen molar-refractivity contribution in [2.24, 2.45) is 0 Å². The fourth-order valence-electron chi connectivity index (χ4n) is 1.95. The van der Waals surface area contributed by atoms with E-state index in [0.717, 1.165) is 11.3 Å². The first-order valence-electron chi connectivity index (χ1n) is 7.06. The molecule has 112 valence electrons. The van der Waals surface area contributed by atoms with E-state index in [1.807, 2.05) is 36.4 Å². The molecule has 0 atom stereocenters. The van der Waals surface area contributed by atoms with Crippen LogP contribution in [-0.4, -0.2) is 24.5 Å². The average molecular weight is 294 g/mol. The second-order valence-corrected chi connectivity index (χ2v) is 4.61. The molecule has 0 saturated heterocycles. The van der Waals surface area contributed by atoms with Crippen LogP contribution in [-0.2, 0) is 11.3 Å². The van der Waals surface area contributed by atoms with Gasteiger partial charge in [0.1, 0.15) is 5.69 Å². The maximum atomic E-state index is 12.1. The Morgan fingerprint density at radius 3 is 2.82 bits per heavy atom. The van der Waals surface area contributed by atoms with E-state index in [9.17, 15) is 4.79 Å². The van der Waals surface area contributed by atoms with Crippen LogP contribution < -0.4 is 5.32 Å². The Morgan fingerprint density at radius 2 is 2.05 bits per heavy atom. The summed E-state index contributed by atoms with van der Waals surface area (Å²) < 4.78 is 5.10. The number of nitrogens with one attached hydrogen (secondary N) is 1. The molecule has 0 radical (unpaired) electrons. The molecular formula is C18H18N2O2. The summed E-state index contributed by atoms with van der Waals surface area (Å²) >= 11 is 0. The van der Waals surface area contributed by atoms with Crippen molar-refractivity contribution in [1.82, 2.24) is 10.3 Å². The Hall–Kier alpha value is -2.64. The number of rotatable bonds is 5. The summed E-state index contributed by atoms with van der Waals surface area (Å²) in [7, 11) is 1.61. The summed E-state index contributed by atoms with van der Waals surface area (Å²) in [5.74, 6) is 5.85. The zero-order chi connectivity index (χ0) is 15.6. The van der Waals surface area contributed by atoms with E-state index in [-0.39, 0.29) is 5.91 Å². The molecule has 2 aromatic rings. The first-order chi connectivity index (χ1) is 10.8. The van der Waals surface area contributed by atoms with Gasteiger partial charge in [0.2, 0.25) is 0 Å². The number of amides is 1. The molecule has 1 aromatic heterocycles. The largest absolute Gasteiger partial charge is 0.380 e. The van der Waals surface area contributed by atoms with Crippen molar-refractivity contribution in [3.05, 3.63) is 65.5 Å². The first kappa shape index (κ1) is 15.7. The third-order valence-corrected chi connectivity index (χ3v) is 2.98. The second-order valence-electron chi connectivity index (χ2n) is 4.61. The molecular weight excluding hydrogens is 276 g/mol. The molecule has 0 spiro atoms. The van der Waals surface area contributed by atoms with Crippen molar-refractivity contribution in [1.29, 1.82) is 0 Å². The van der Waals surface area contributed by atoms with E-state index in [1.54, 1.807) is 19.4 Å². The topological polar surface area (TPSA) is 51.2 Å². The minimum absolute atomic E-state index is 0.104. The standard InChI is InChI=1S/C18H18N2O2/c1-22-14-15-8-2-3-11-17(15)18(21)20-13-7-5-10-16-9-4-6-12-19-16/h2-4,6,8-9,11-12H,7,13-14H2,1H3,(H,20,21). The lowest BCUT2D eigenvalue weighted by Crippen LogP contribution is -2.25. The van der Waals surface area contributed by atoms with Crippen LogP contribution in [0.1, 0.15) is 28.0 Å². The number of hydrogen-bond acceptors (Lipinski definition) is 3. The molecule has 0 aliphatic rings. The number of hydrogen-bond donors (Lipinski definition) is 1. The molecule has 0 aliphatic heterocycles. The monoisotopic (exact) mass is 294 g/mol. The summed E-state index contributed by atoms with van der Waals surface area (Å²) in [6.07, 6.45) is 2.29. The molecule has 1 aromatic carbocycles. The average Bonchev–Trinajstić information content (AvgIpc) is 2.56. The van der Waals surface area contributed by atoms with Crippen LogP contribution in [0.4, 0.5) is 0 Å². The third kappa shape index (κ3) is 4.72. The number of carbonyl (C=O) groups is 1. The smallest absolute Gasteiger partial charge is 0.251 e. The van der Waals surface area contributed by atoms with Crippen LogP contribution in [0.25, 0.3) is 0 Å². The Labute approximate surface area is 130 Å². The van der Waals surface area contributed by atoms with E-state index >= 15 is 0 Å². The second kappa shape index (κ2) is 8.60. The van der Waals surface area contributed by atoms with Crippen molar-refractivity contribution < 1.29 is 9.53 Å². The van der Waals surface area contributed by atoms with E-state index in [0.29, 0.717) is 25.1 Å². The Balaban J connectivity index is 1.85. The molecule has 4 heteroatoms. The van der Waals surface area contributed by atoms with Crippen LogP contribution in [0, 0.1) is 11.8 Å². The highest BCUT2D eigenvalue weighted by Gasteiger charge is 2.09. The minimum Gasteiger partial charge on any atom is -0.380 e. The molecule has 0 fully saturated rings. The number of nitrogens with zero attached hydrogens (tertiary/aromatic N) is 1. The highest BCUT2D eigenvalue weighted by atomic mass is 16.5. The van der Waals surface area contributed by atoms with Crippen molar-refractivity contribution in [2.45, 2.75) is 13.0 Å². The van der Waals surface area contributed by atoms with Crippen molar-refractivity contribution in [3.63, 3.8) is 0 Å². The zero-order valence-corrected chi connectivity index (χ0v) is 12.5. The zero-order valence-electron chi connectivity index (χ0n) is 12.5. The molecule has 1 heterocycles. The lowest BCUT2D eigenvalue weighted by atomic mass is 10.1. The lowest BCUT2D eigenvalue weighted by molar-refractivity contribution is 0.0949. The maximum Gasteiger partial charge on any atom is 0.251 e. The molecule has 0 saturated carbocycles. The molecule has 0 bridgehead atoms. The molecule has 4 nitrogen and oxygen atoms in total. The molecule has 22 heavy (non-hydrogen) atoms. The highest BCUT2D eigenvalue weighted by Crippen LogP contribution is 2.09. The van der Waals surface area contributed by atoms with Crippen LogP contribution in [0.3, 0.4) is 0 Å². The Morgan fingerprint density at radius 1 is 1.23 bits per heavy atom. The number of pyridine rings is 1. The molecule has 1 amide bonds. The number of ether oxygens (including phenoxy) is 1. The fraction of sp³-hybridized carbons (Fsp3) is 0.222. The quantitative estimate of drug-likeness (QED) is 0.680. The van der Waals surface area contributed by atoms with Gasteiger partial charge in [0.15, 0.2) is 0 Å². The van der Waals surface area contributed by atoms with Crippen molar-refractivity contribution in [3.8, 4) is 11.8 Å². The van der Waals surface area contributed by atoms with Crippen LogP contribution in [0.15, 0.2) is 48.7 Å². The molecule has 0 aliphatic carbocycles. The number of aromatic nitrogens is 1. The van der Waals surface area contributed by atoms with Gasteiger partial charge >= 0.3 is 0 Å². The van der Waals surface area contributed by atoms with Gasteiger partial charge in [-0.2, -0.15) is 0 Å². The van der Waals surface area contributed by atoms with E-state index in [2.05, 4.69) is 22.1 Å². The van der Waals surface area contributed by atoms with Gasteiger partial charge in [-0.05, 0) is 29.7 Å². The summed E-state index contributed by atoms with van der Waals surface area (Å²) in [5.41, 5.74) is 2.25. The predicted octanol–water partition coefficient (Wildman–Crippen LogP) is 2.40. The third-order valence-electron chi connectivity index (χ3n) is 2.98. The van der Waals surface area contributed by atoms with Gasteiger partial charge < -0.3 is 10.1 Å². The molecule has 2 rings (SSSR count). The van der Waals surface area contributed by atoms with Gasteiger partial charge in [0, 0.05) is 31.8 Å². The van der Waals surface area contributed by atoms with Gasteiger partial charge in [0.05, 0.1) is 6.61 Å². The summed E-state index contributed by atoms with van der Waals surface area (Å²) in [4.78, 5) is 16.3. The minimum atomic E-state index is -0.104. The Kier molecular flexibility index (Phi) is 6.16. The number of methoxy groups -OCH3 is 1. The Bertz CT molecular complexity index is 672. The van der Waals surface area contributed by atoms with Gasteiger partial charge in [0.25, 0.3) is 5.91 Å². The van der Waals surface area contributed by atoms with Gasteiger partial charge in [-0.3, -0.25) is 4.79 Å². The van der Waals surface area contributed by atoms with Crippen LogP contribution in [0.2, 0.25) is 0 Å². The normalized spacial score (nSPS) is 9.68. The van der Waals surface area contributed by atoms with Crippen LogP contribution in [0.5, 0.6) is 0 Å². The van der Waals surface area contributed by atoms with E-state index in [4.69, 9.17) is 4.74 Å². The molecule has 1 N–H and O–H groups in total. The van der Waals surface area contributed by atoms with E-state index in [1.165, 1.54) is 0 Å². The first-order valence-corrected chi connectivity index (χ1v) is 7.06. The van der Waals surface area contributed by atoms with Gasteiger partial charge in [-0.1, -0.05) is 30.2 Å². The fourth-order valence-corrected chi connectivity index (χ4v) is 1.95. The van der Waals surface area contributed by atoms with Crippen molar-refractivity contribution in [2.75, 3.05) is 13.7 Å². The molecule has 0 unspecified atom stereocenters. The summed E-state index contributed by atoms with van der Waals surface area (Å²) in [6.45, 7) is 0.920.